The first-order chi connectivity index (χ1) is 13.4. The van der Waals surface area contributed by atoms with Crippen molar-refractivity contribution in [3.63, 3.8) is 0 Å². The van der Waals surface area contributed by atoms with Crippen molar-refractivity contribution in [3.8, 4) is 16.9 Å². The zero-order valence-corrected chi connectivity index (χ0v) is 17.8. The fourth-order valence-corrected chi connectivity index (χ4v) is 4.38. The van der Waals surface area contributed by atoms with Gasteiger partial charge in [0, 0.05) is 25.4 Å². The molecule has 0 bridgehead atoms. The second-order valence-corrected chi connectivity index (χ2v) is 7.79. The number of carbonyl (C=O) groups is 1. The molecule has 2 aliphatic heterocycles. The van der Waals surface area contributed by atoms with Gasteiger partial charge in [-0.15, -0.1) is 12.4 Å². The number of pyridine rings is 1. The van der Waals surface area contributed by atoms with E-state index in [0.717, 1.165) is 42.6 Å². The fraction of sp³-hybridized carbons (Fsp3) is 0.455. The minimum absolute atomic E-state index is 0. The van der Waals surface area contributed by atoms with E-state index in [4.69, 9.17) is 4.74 Å². The summed E-state index contributed by atoms with van der Waals surface area (Å²) < 4.78 is 20.1. The second-order valence-electron chi connectivity index (χ2n) is 7.79. The van der Waals surface area contributed by atoms with Gasteiger partial charge in [-0.1, -0.05) is 0 Å². The minimum Gasteiger partial charge on any atom is -0.494 e. The number of amides is 1. The third-order valence-corrected chi connectivity index (χ3v) is 5.96. The van der Waals surface area contributed by atoms with Crippen molar-refractivity contribution in [2.75, 3.05) is 20.2 Å². The molecule has 0 aliphatic carbocycles. The van der Waals surface area contributed by atoms with Crippen LogP contribution in [0.5, 0.6) is 5.75 Å². The molecule has 3 heterocycles. The Kier molecular flexibility index (Phi) is 6.15. The Bertz CT molecular complexity index is 923. The van der Waals surface area contributed by atoms with Crippen molar-refractivity contribution in [3.05, 3.63) is 47.5 Å². The molecule has 0 unspecified atom stereocenters. The summed E-state index contributed by atoms with van der Waals surface area (Å²) in [6, 6.07) is 6.76. The van der Waals surface area contributed by atoms with Gasteiger partial charge >= 0.3 is 0 Å². The van der Waals surface area contributed by atoms with Crippen LogP contribution in [0.15, 0.2) is 30.5 Å². The predicted molar refractivity (Wildman–Crippen MR) is 113 cm³/mol. The molecular weight excluding hydrogens is 393 g/mol. The van der Waals surface area contributed by atoms with E-state index in [1.54, 1.807) is 23.2 Å². The van der Waals surface area contributed by atoms with Gasteiger partial charge in [0.1, 0.15) is 17.1 Å². The van der Waals surface area contributed by atoms with Crippen LogP contribution in [-0.2, 0) is 4.79 Å². The van der Waals surface area contributed by atoms with Crippen molar-refractivity contribution in [2.45, 2.75) is 44.7 Å². The van der Waals surface area contributed by atoms with E-state index in [9.17, 15) is 9.18 Å². The Morgan fingerprint density at radius 1 is 1.31 bits per heavy atom. The summed E-state index contributed by atoms with van der Waals surface area (Å²) in [5.41, 5.74) is 2.60. The Morgan fingerprint density at radius 3 is 2.79 bits per heavy atom. The number of ether oxygens (including phenoxy) is 1. The molecule has 2 fully saturated rings. The van der Waals surface area contributed by atoms with E-state index in [0.29, 0.717) is 17.9 Å². The first-order valence-electron chi connectivity index (χ1n) is 9.86. The van der Waals surface area contributed by atoms with Gasteiger partial charge in [-0.3, -0.25) is 15.1 Å². The highest BCUT2D eigenvalue weighted by Gasteiger charge is 2.50. The van der Waals surface area contributed by atoms with Crippen LogP contribution in [0.3, 0.4) is 0 Å². The first kappa shape index (κ1) is 21.5. The van der Waals surface area contributed by atoms with Crippen LogP contribution >= 0.6 is 12.4 Å². The fourth-order valence-electron chi connectivity index (χ4n) is 4.38. The summed E-state index contributed by atoms with van der Waals surface area (Å²) in [5, 5.41) is 3.54. The highest BCUT2D eigenvalue weighted by molar-refractivity contribution is 5.88. The molecule has 4 rings (SSSR count). The third-order valence-electron chi connectivity index (χ3n) is 5.96. The van der Waals surface area contributed by atoms with Crippen LogP contribution < -0.4 is 10.1 Å². The summed E-state index contributed by atoms with van der Waals surface area (Å²) in [6.07, 6.45) is 4.26. The van der Waals surface area contributed by atoms with Crippen LogP contribution in [0.2, 0.25) is 0 Å². The number of nitrogens with zero attached hydrogens (tertiary/aromatic N) is 2. The summed E-state index contributed by atoms with van der Waals surface area (Å²) in [6.45, 7) is 5.14. The summed E-state index contributed by atoms with van der Waals surface area (Å²) in [7, 11) is 1.85. The van der Waals surface area contributed by atoms with E-state index < -0.39 is 5.54 Å². The molecule has 2 aromatic rings. The zero-order valence-electron chi connectivity index (χ0n) is 17.0. The monoisotopic (exact) mass is 419 g/mol. The Morgan fingerprint density at radius 2 is 2.10 bits per heavy atom. The van der Waals surface area contributed by atoms with Gasteiger partial charge in [-0.05, 0) is 68.5 Å². The smallest absolute Gasteiger partial charge is 0.242 e. The predicted octanol–water partition coefficient (Wildman–Crippen LogP) is 4.04. The number of likely N-dealkylation sites (tertiary alicyclic amines) is 1. The number of rotatable bonds is 4. The number of aryl methyl sites for hydroxylation is 1. The maximum Gasteiger partial charge on any atom is 0.242 e. The maximum atomic E-state index is 14.6. The third kappa shape index (κ3) is 3.83. The number of likely N-dealkylation sites (N-methyl/N-ethyl adjacent to an activating group) is 1. The van der Waals surface area contributed by atoms with Crippen molar-refractivity contribution in [1.82, 2.24) is 15.2 Å². The lowest BCUT2D eigenvalue weighted by atomic mass is 9.96. The Hall–Kier alpha value is -2.18. The molecule has 5 nitrogen and oxygen atoms in total. The molecule has 2 saturated heterocycles. The molecule has 1 spiro atoms. The summed E-state index contributed by atoms with van der Waals surface area (Å²) in [5.74, 6) is 0.527. The summed E-state index contributed by atoms with van der Waals surface area (Å²) >= 11 is 0. The maximum absolute atomic E-state index is 14.6. The SMILES string of the molecule is CCOc1ccc(F)c(-c2cc([C@H]3CC[C@]4(CCN(C)C4=O)N3)ncc2C)c1.Cl. The van der Waals surface area contributed by atoms with Gasteiger partial charge in [0.2, 0.25) is 5.91 Å². The topological polar surface area (TPSA) is 54.5 Å². The highest BCUT2D eigenvalue weighted by atomic mass is 35.5. The number of hydrogen-bond acceptors (Lipinski definition) is 4. The van der Waals surface area contributed by atoms with Crippen LogP contribution in [0.1, 0.15) is 43.5 Å². The molecule has 1 N–H and O–H groups in total. The molecule has 0 saturated carbocycles. The van der Waals surface area contributed by atoms with Crippen molar-refractivity contribution in [2.24, 2.45) is 0 Å². The lowest BCUT2D eigenvalue weighted by Crippen LogP contribution is -2.47. The van der Waals surface area contributed by atoms with Gasteiger partial charge in [-0.25, -0.2) is 4.39 Å². The van der Waals surface area contributed by atoms with Gasteiger partial charge in [0.15, 0.2) is 0 Å². The number of carbonyl (C=O) groups excluding carboxylic acids is 1. The first-order valence-corrected chi connectivity index (χ1v) is 9.86. The second kappa shape index (κ2) is 8.28. The van der Waals surface area contributed by atoms with E-state index >= 15 is 0 Å². The van der Waals surface area contributed by atoms with Crippen molar-refractivity contribution >= 4 is 18.3 Å². The van der Waals surface area contributed by atoms with E-state index in [1.807, 2.05) is 27.0 Å². The number of aromatic nitrogens is 1. The molecule has 0 radical (unpaired) electrons. The van der Waals surface area contributed by atoms with Gasteiger partial charge < -0.3 is 9.64 Å². The molecular formula is C22H27ClFN3O2. The average Bonchev–Trinajstić information content (AvgIpc) is 3.24. The van der Waals surface area contributed by atoms with E-state index in [1.165, 1.54) is 6.07 Å². The molecule has 1 amide bonds. The average molecular weight is 420 g/mol. The standard InChI is InChI=1S/C22H26FN3O2.ClH/c1-4-28-15-5-6-18(23)17(11-15)16-12-20(24-13-14(16)2)19-7-8-22(25-19)9-10-26(3)21(22)27;/h5-6,11-13,19,25H,4,7-10H2,1-3H3;1H/t19-,22-;/m1./s1. The lowest BCUT2D eigenvalue weighted by Gasteiger charge is -2.23. The van der Waals surface area contributed by atoms with Crippen molar-refractivity contribution < 1.29 is 13.9 Å². The molecule has 1 aromatic heterocycles. The molecule has 156 valence electrons. The zero-order chi connectivity index (χ0) is 19.9. The van der Waals surface area contributed by atoms with Gasteiger partial charge in [0.25, 0.3) is 0 Å². The van der Waals surface area contributed by atoms with Crippen LogP contribution in [0.4, 0.5) is 4.39 Å². The van der Waals surface area contributed by atoms with Crippen LogP contribution in [0.25, 0.3) is 11.1 Å². The van der Waals surface area contributed by atoms with Crippen molar-refractivity contribution in [1.29, 1.82) is 0 Å². The summed E-state index contributed by atoms with van der Waals surface area (Å²) in [4.78, 5) is 19.0. The highest BCUT2D eigenvalue weighted by Crippen LogP contribution is 2.40. The van der Waals surface area contributed by atoms with Crippen LogP contribution in [-0.4, -0.2) is 41.5 Å². The largest absolute Gasteiger partial charge is 0.494 e. The molecule has 29 heavy (non-hydrogen) atoms. The Labute approximate surface area is 177 Å². The number of hydrogen-bond donors (Lipinski definition) is 1. The molecule has 2 aliphatic rings. The number of nitrogens with one attached hydrogen (secondary N) is 1. The van der Waals surface area contributed by atoms with E-state index in [-0.39, 0.29) is 30.2 Å². The van der Waals surface area contributed by atoms with Crippen LogP contribution in [0, 0.1) is 12.7 Å². The number of benzene rings is 1. The van der Waals surface area contributed by atoms with Gasteiger partial charge in [0.05, 0.1) is 18.3 Å². The normalized spacial score (nSPS) is 23.5. The quantitative estimate of drug-likeness (QED) is 0.812. The minimum atomic E-state index is -0.466. The van der Waals surface area contributed by atoms with Gasteiger partial charge in [-0.2, -0.15) is 0 Å². The molecule has 7 heteroatoms. The molecule has 2 atom stereocenters. The Balaban J connectivity index is 0.00000240. The lowest BCUT2D eigenvalue weighted by molar-refractivity contribution is -0.131. The molecule has 1 aromatic carbocycles. The number of halogens is 2. The van der Waals surface area contributed by atoms with E-state index in [2.05, 4.69) is 10.3 Å².